The average molecular weight is 490 g/mol. The van der Waals surface area contributed by atoms with Crippen LogP contribution < -0.4 is 19.7 Å². The fourth-order valence-electron chi connectivity index (χ4n) is 4.56. The van der Waals surface area contributed by atoms with Crippen LogP contribution in [0.15, 0.2) is 23.1 Å². The molecule has 11 heteroatoms. The highest BCUT2D eigenvalue weighted by Gasteiger charge is 2.32. The lowest BCUT2D eigenvalue weighted by molar-refractivity contribution is -0.895. The number of aryl methyl sites for hydroxylation is 1. The highest BCUT2D eigenvalue weighted by atomic mass is 32.2. The maximum Gasteiger partial charge on any atom is 0.280 e. The number of nitrogens with one attached hydrogen (secondary N) is 2. The van der Waals surface area contributed by atoms with Crippen LogP contribution in [0.2, 0.25) is 0 Å². The predicted octanol–water partition coefficient (Wildman–Crippen LogP) is 0.408. The van der Waals surface area contributed by atoms with E-state index in [4.69, 9.17) is 9.47 Å². The first-order chi connectivity index (χ1) is 16.0. The van der Waals surface area contributed by atoms with Crippen LogP contribution in [0.3, 0.4) is 0 Å². The summed E-state index contributed by atoms with van der Waals surface area (Å²) < 4.78 is 38.6. The lowest BCUT2D eigenvalue weighted by Gasteiger charge is -2.31. The quantitative estimate of drug-likeness (QED) is 0.629. The molecule has 174 valence electrons. The van der Waals surface area contributed by atoms with Crippen molar-refractivity contribution in [1.82, 2.24) is 4.31 Å². The van der Waals surface area contributed by atoms with Crippen molar-refractivity contribution in [2.24, 2.45) is 0 Å². The number of benzene rings is 1. The van der Waals surface area contributed by atoms with Gasteiger partial charge in [-0.3, -0.25) is 4.79 Å². The Labute approximate surface area is 196 Å². The number of hydrogen-bond donors (Lipinski definition) is 2. The van der Waals surface area contributed by atoms with Crippen molar-refractivity contribution in [3.8, 4) is 17.6 Å². The molecule has 5 rings (SSSR count). The van der Waals surface area contributed by atoms with Crippen LogP contribution in [0.5, 0.6) is 11.5 Å². The Morgan fingerprint density at radius 1 is 1.18 bits per heavy atom. The van der Waals surface area contributed by atoms with Crippen molar-refractivity contribution in [2.45, 2.75) is 24.2 Å². The molecule has 33 heavy (non-hydrogen) atoms. The molecular formula is C22H25N4O5S2+. The number of amides is 1. The third-order valence-electron chi connectivity index (χ3n) is 6.28. The van der Waals surface area contributed by atoms with Crippen molar-refractivity contribution in [3.05, 3.63) is 34.2 Å². The fraction of sp³-hybridized carbons (Fsp3) is 0.455. The summed E-state index contributed by atoms with van der Waals surface area (Å²) in [5.74, 6) is 0.847. The molecule has 0 atom stereocenters. The van der Waals surface area contributed by atoms with E-state index in [0.29, 0.717) is 61.5 Å². The highest BCUT2D eigenvalue weighted by Crippen LogP contribution is 2.38. The number of anilines is 1. The molecular weight excluding hydrogens is 464 g/mol. The van der Waals surface area contributed by atoms with Crippen molar-refractivity contribution in [3.63, 3.8) is 0 Å². The lowest BCUT2D eigenvalue weighted by atomic mass is 10.1. The van der Waals surface area contributed by atoms with Gasteiger partial charge >= 0.3 is 0 Å². The van der Waals surface area contributed by atoms with Crippen LogP contribution >= 0.6 is 11.3 Å². The SMILES string of the molecule is N#Cc1c(NC(=O)C[NH+]2CCN(S(=O)(=O)c3ccc4c(c3)OCCO4)CC2)sc2c1CCC2. The topological polar surface area (TPSA) is 113 Å². The third-order valence-corrected chi connectivity index (χ3v) is 9.38. The average Bonchev–Trinajstić information content (AvgIpc) is 3.39. The monoisotopic (exact) mass is 489 g/mol. The standard InChI is InChI=1S/C22H24N4O5S2/c23-13-17-16-2-1-3-20(16)32-22(17)24-21(27)14-25-6-8-26(9-7-25)33(28,29)15-4-5-18-19(12-15)31-11-10-30-18/h4-5,12H,1-3,6-11,14H2,(H,24,27)/p+1. The maximum atomic E-state index is 13.1. The molecule has 2 aromatic rings. The van der Waals surface area contributed by atoms with Gasteiger partial charge in [0.05, 0.1) is 36.6 Å². The van der Waals surface area contributed by atoms with E-state index in [1.54, 1.807) is 12.1 Å². The zero-order valence-electron chi connectivity index (χ0n) is 18.1. The second kappa shape index (κ2) is 8.95. The van der Waals surface area contributed by atoms with Crippen LogP contribution in [0.1, 0.15) is 22.4 Å². The maximum absolute atomic E-state index is 13.1. The summed E-state index contributed by atoms with van der Waals surface area (Å²) >= 11 is 1.50. The molecule has 1 aliphatic carbocycles. The van der Waals surface area contributed by atoms with Crippen LogP contribution in [0.25, 0.3) is 0 Å². The number of nitrogens with zero attached hydrogens (tertiary/aromatic N) is 2. The minimum atomic E-state index is -3.65. The van der Waals surface area contributed by atoms with Crippen LogP contribution in [-0.4, -0.2) is 64.6 Å². The molecule has 1 aromatic carbocycles. The normalized spacial score (nSPS) is 18.5. The minimum Gasteiger partial charge on any atom is -0.486 e. The summed E-state index contributed by atoms with van der Waals surface area (Å²) in [7, 11) is -3.65. The Bertz CT molecular complexity index is 1230. The first-order valence-electron chi connectivity index (χ1n) is 11.0. The summed E-state index contributed by atoms with van der Waals surface area (Å²) in [4.78, 5) is 15.0. The van der Waals surface area contributed by atoms with Gasteiger partial charge < -0.3 is 19.7 Å². The molecule has 2 aliphatic heterocycles. The molecule has 0 radical (unpaired) electrons. The number of rotatable bonds is 5. The van der Waals surface area contributed by atoms with Crippen molar-refractivity contribution in [1.29, 1.82) is 5.26 Å². The highest BCUT2D eigenvalue weighted by molar-refractivity contribution is 7.89. The van der Waals surface area contributed by atoms with E-state index in [1.807, 2.05) is 0 Å². The van der Waals surface area contributed by atoms with Crippen LogP contribution in [0, 0.1) is 11.3 Å². The molecule has 1 amide bonds. The number of ether oxygens (including phenoxy) is 2. The molecule has 1 aromatic heterocycles. The van der Waals surface area contributed by atoms with Gasteiger partial charge in [-0.1, -0.05) is 0 Å². The Balaban J connectivity index is 1.18. The fourth-order valence-corrected chi connectivity index (χ4v) is 7.27. The first kappa shape index (κ1) is 22.2. The molecule has 9 nitrogen and oxygen atoms in total. The van der Waals surface area contributed by atoms with E-state index >= 15 is 0 Å². The summed E-state index contributed by atoms with van der Waals surface area (Å²) in [5, 5.41) is 13.1. The molecule has 0 bridgehead atoms. The number of carbonyl (C=O) groups excluding carboxylic acids is 1. The minimum absolute atomic E-state index is 0.149. The number of thiophene rings is 1. The second-order valence-corrected chi connectivity index (χ2v) is 11.4. The Morgan fingerprint density at radius 2 is 1.94 bits per heavy atom. The smallest absolute Gasteiger partial charge is 0.280 e. The number of sulfonamides is 1. The van der Waals surface area contributed by atoms with Crippen molar-refractivity contribution in [2.75, 3.05) is 51.3 Å². The number of nitriles is 1. The van der Waals surface area contributed by atoms with Crippen LogP contribution in [-0.2, 0) is 27.7 Å². The molecule has 3 heterocycles. The molecule has 3 aliphatic rings. The van der Waals surface area contributed by atoms with Gasteiger partial charge in [-0.15, -0.1) is 11.3 Å². The van der Waals surface area contributed by atoms with Gasteiger partial charge in [0.15, 0.2) is 18.0 Å². The summed E-state index contributed by atoms with van der Waals surface area (Å²) in [6.45, 7) is 2.80. The van der Waals surface area contributed by atoms with Crippen molar-refractivity contribution < 1.29 is 27.6 Å². The number of carbonyl (C=O) groups is 1. The Morgan fingerprint density at radius 3 is 2.70 bits per heavy atom. The van der Waals surface area contributed by atoms with Gasteiger partial charge in [0, 0.05) is 10.9 Å². The Kier molecular flexibility index (Phi) is 6.01. The van der Waals surface area contributed by atoms with E-state index in [1.165, 1.54) is 26.6 Å². The third kappa shape index (κ3) is 4.31. The summed E-state index contributed by atoms with van der Waals surface area (Å²) in [6, 6.07) is 6.93. The van der Waals surface area contributed by atoms with Gasteiger partial charge in [0.1, 0.15) is 24.3 Å². The number of hydrogen-bond acceptors (Lipinski definition) is 7. The largest absolute Gasteiger partial charge is 0.486 e. The predicted molar refractivity (Wildman–Crippen MR) is 121 cm³/mol. The van der Waals surface area contributed by atoms with Gasteiger partial charge in [0.2, 0.25) is 10.0 Å². The molecule has 0 saturated carbocycles. The molecule has 0 unspecified atom stereocenters. The van der Waals surface area contributed by atoms with Crippen molar-refractivity contribution >= 4 is 32.3 Å². The van der Waals surface area contributed by atoms with E-state index in [-0.39, 0.29) is 17.3 Å². The Hall–Kier alpha value is -2.65. The van der Waals surface area contributed by atoms with Gasteiger partial charge in [-0.2, -0.15) is 9.57 Å². The second-order valence-electron chi connectivity index (χ2n) is 8.36. The van der Waals surface area contributed by atoms with E-state index in [2.05, 4.69) is 11.4 Å². The van der Waals surface area contributed by atoms with Gasteiger partial charge in [-0.25, -0.2) is 8.42 Å². The number of fused-ring (bicyclic) bond motifs is 2. The summed E-state index contributed by atoms with van der Waals surface area (Å²) in [6.07, 6.45) is 2.93. The number of piperazine rings is 1. The lowest BCUT2D eigenvalue weighted by Crippen LogP contribution is -3.15. The number of quaternary nitrogens is 1. The molecule has 2 N–H and O–H groups in total. The van der Waals surface area contributed by atoms with E-state index in [9.17, 15) is 18.5 Å². The molecule has 1 fully saturated rings. The molecule has 1 saturated heterocycles. The van der Waals surface area contributed by atoms with Crippen LogP contribution in [0.4, 0.5) is 5.00 Å². The van der Waals surface area contributed by atoms with E-state index in [0.717, 1.165) is 29.7 Å². The summed E-state index contributed by atoms with van der Waals surface area (Å²) in [5.41, 5.74) is 1.69. The zero-order valence-corrected chi connectivity index (χ0v) is 19.7. The van der Waals surface area contributed by atoms with E-state index < -0.39 is 10.0 Å². The van der Waals surface area contributed by atoms with Gasteiger partial charge in [0.25, 0.3) is 5.91 Å². The molecule has 0 spiro atoms. The first-order valence-corrected chi connectivity index (χ1v) is 13.3. The zero-order chi connectivity index (χ0) is 23.0. The van der Waals surface area contributed by atoms with Gasteiger partial charge in [-0.05, 0) is 37.0 Å².